The van der Waals surface area contributed by atoms with Gasteiger partial charge in [0.2, 0.25) is 0 Å². The zero-order chi connectivity index (χ0) is 18.1. The molecule has 0 aromatic rings. The lowest BCUT2D eigenvalue weighted by Gasteiger charge is -2.15. The van der Waals surface area contributed by atoms with E-state index in [1.54, 1.807) is 13.8 Å². The second-order valence-corrected chi connectivity index (χ2v) is 9.41. The molecular formula is C19H41O4P. The highest BCUT2D eigenvalue weighted by molar-refractivity contribution is 7.53. The Bertz CT molecular complexity index is 308. The Morgan fingerprint density at radius 3 is 1.67 bits per heavy atom. The van der Waals surface area contributed by atoms with Crippen molar-refractivity contribution in [2.45, 2.75) is 103 Å². The normalized spacial score (nSPS) is 14.2. The molecule has 1 atom stereocenters. The van der Waals surface area contributed by atoms with Crippen LogP contribution in [-0.2, 0) is 13.8 Å². The fourth-order valence-electron chi connectivity index (χ4n) is 2.52. The highest BCUT2D eigenvalue weighted by Gasteiger charge is 2.23. The zero-order valence-corrected chi connectivity index (χ0v) is 17.2. The van der Waals surface area contributed by atoms with E-state index >= 15 is 0 Å². The molecule has 1 N–H and O–H groups in total. The molecule has 0 fully saturated rings. The molecule has 0 heterocycles. The van der Waals surface area contributed by atoms with Crippen molar-refractivity contribution in [2.24, 2.45) is 0 Å². The summed E-state index contributed by atoms with van der Waals surface area (Å²) in [5.74, 6) is 0. The van der Waals surface area contributed by atoms with Gasteiger partial charge in [0.05, 0.1) is 18.9 Å². The van der Waals surface area contributed by atoms with Gasteiger partial charge in [-0.15, -0.1) is 0 Å². The van der Waals surface area contributed by atoms with Crippen LogP contribution in [0.2, 0.25) is 0 Å². The van der Waals surface area contributed by atoms with Gasteiger partial charge in [-0.05, 0) is 6.42 Å². The van der Waals surface area contributed by atoms with Gasteiger partial charge >= 0.3 is 7.60 Å². The summed E-state index contributed by atoms with van der Waals surface area (Å²) in [7, 11) is -3.43. The fourth-order valence-corrected chi connectivity index (χ4v) is 3.16. The summed E-state index contributed by atoms with van der Waals surface area (Å²) in [5, 5.41) is 0. The van der Waals surface area contributed by atoms with Gasteiger partial charge in [0.25, 0.3) is 0 Å². The summed E-state index contributed by atoms with van der Waals surface area (Å²) in [6.07, 6.45) is 16.0. The van der Waals surface area contributed by atoms with E-state index in [2.05, 4.69) is 6.92 Å². The molecule has 0 aromatic carbocycles. The minimum Gasteiger partial charge on any atom is -0.379 e. The van der Waals surface area contributed by atoms with Crippen LogP contribution >= 0.6 is 7.60 Å². The smallest absolute Gasteiger partial charge is 0.330 e. The van der Waals surface area contributed by atoms with Crippen molar-refractivity contribution >= 4 is 7.60 Å². The molecule has 0 aliphatic rings. The molecule has 1 unspecified atom stereocenters. The van der Waals surface area contributed by atoms with Crippen LogP contribution in [0.3, 0.4) is 0 Å². The SMILES string of the molecule is CCCCCCCCCCCCCCOCCOP(=O)(O)C(C)C. The molecule has 0 aliphatic carbocycles. The largest absolute Gasteiger partial charge is 0.379 e. The van der Waals surface area contributed by atoms with E-state index in [1.807, 2.05) is 0 Å². The predicted octanol–water partition coefficient (Wildman–Crippen LogP) is 6.31. The van der Waals surface area contributed by atoms with Crippen LogP contribution in [0.1, 0.15) is 97.8 Å². The lowest BCUT2D eigenvalue weighted by molar-refractivity contribution is 0.0918. The Kier molecular flexibility index (Phi) is 16.6. The molecule has 0 aromatic heterocycles. The molecule has 4 nitrogen and oxygen atoms in total. The Hall–Kier alpha value is 0.110. The molecular weight excluding hydrogens is 323 g/mol. The molecule has 0 amide bonds. The monoisotopic (exact) mass is 364 g/mol. The summed E-state index contributed by atoms with van der Waals surface area (Å²) in [4.78, 5) is 9.48. The van der Waals surface area contributed by atoms with Crippen LogP contribution in [0.25, 0.3) is 0 Å². The number of unbranched alkanes of at least 4 members (excludes halogenated alkanes) is 11. The first-order valence-electron chi connectivity index (χ1n) is 10.1. The van der Waals surface area contributed by atoms with Crippen molar-refractivity contribution in [3.05, 3.63) is 0 Å². The van der Waals surface area contributed by atoms with Crippen LogP contribution in [-0.4, -0.2) is 30.4 Å². The van der Waals surface area contributed by atoms with E-state index in [1.165, 1.54) is 70.6 Å². The Balaban J connectivity index is 3.14. The summed E-state index contributed by atoms with van der Waals surface area (Å²) in [6, 6.07) is 0. The lowest BCUT2D eigenvalue weighted by atomic mass is 10.1. The van der Waals surface area contributed by atoms with Gasteiger partial charge < -0.3 is 14.2 Å². The van der Waals surface area contributed by atoms with E-state index in [0.717, 1.165) is 13.0 Å². The number of rotatable bonds is 18. The third-order valence-corrected chi connectivity index (χ3v) is 6.16. The maximum Gasteiger partial charge on any atom is 0.330 e. The quantitative estimate of drug-likeness (QED) is 0.228. The van der Waals surface area contributed by atoms with Crippen molar-refractivity contribution in [1.29, 1.82) is 0 Å². The molecule has 0 spiro atoms. The molecule has 0 rings (SSSR count). The zero-order valence-electron chi connectivity index (χ0n) is 16.3. The number of ether oxygens (including phenoxy) is 1. The van der Waals surface area contributed by atoms with E-state index < -0.39 is 7.60 Å². The second-order valence-electron chi connectivity index (χ2n) is 6.99. The summed E-state index contributed by atoms with van der Waals surface area (Å²) in [5.41, 5.74) is -0.353. The number of hydrogen-bond acceptors (Lipinski definition) is 3. The first-order chi connectivity index (χ1) is 11.5. The molecule has 0 aliphatic heterocycles. The van der Waals surface area contributed by atoms with E-state index in [9.17, 15) is 9.46 Å². The Morgan fingerprint density at radius 1 is 0.750 bits per heavy atom. The molecule has 0 saturated heterocycles. The van der Waals surface area contributed by atoms with Crippen LogP contribution in [0.5, 0.6) is 0 Å². The molecule has 5 heteroatoms. The van der Waals surface area contributed by atoms with Gasteiger partial charge in [0, 0.05) is 6.61 Å². The molecule has 146 valence electrons. The molecule has 0 saturated carbocycles. The minimum absolute atomic E-state index is 0.199. The van der Waals surface area contributed by atoms with Gasteiger partial charge in [-0.2, -0.15) is 0 Å². The van der Waals surface area contributed by atoms with Gasteiger partial charge in [-0.1, -0.05) is 91.4 Å². The second kappa shape index (κ2) is 16.6. The van der Waals surface area contributed by atoms with Crippen LogP contribution in [0.4, 0.5) is 0 Å². The topological polar surface area (TPSA) is 55.8 Å². The molecule has 0 bridgehead atoms. The number of hydrogen-bond donors (Lipinski definition) is 1. The lowest BCUT2D eigenvalue weighted by Crippen LogP contribution is -2.08. The molecule has 24 heavy (non-hydrogen) atoms. The predicted molar refractivity (Wildman–Crippen MR) is 103 cm³/mol. The van der Waals surface area contributed by atoms with Crippen molar-refractivity contribution < 1.29 is 18.7 Å². The fraction of sp³-hybridized carbons (Fsp3) is 1.00. The maximum atomic E-state index is 11.5. The van der Waals surface area contributed by atoms with Crippen LogP contribution in [0.15, 0.2) is 0 Å². The Labute approximate surface area is 150 Å². The standard InChI is InChI=1S/C19H41O4P/c1-4-5-6-7-8-9-10-11-12-13-14-15-16-22-17-18-23-24(20,21)19(2)3/h19H,4-18H2,1-3H3,(H,20,21). The average Bonchev–Trinajstić information content (AvgIpc) is 2.54. The first-order valence-corrected chi connectivity index (χ1v) is 11.7. The highest BCUT2D eigenvalue weighted by atomic mass is 31.2. The van der Waals surface area contributed by atoms with E-state index in [4.69, 9.17) is 9.26 Å². The minimum atomic E-state index is -3.43. The maximum absolute atomic E-state index is 11.5. The van der Waals surface area contributed by atoms with Crippen LogP contribution in [0, 0.1) is 0 Å². The van der Waals surface area contributed by atoms with Crippen LogP contribution < -0.4 is 0 Å². The summed E-state index contributed by atoms with van der Waals surface area (Å²) in [6.45, 7) is 6.96. The van der Waals surface area contributed by atoms with Crippen molar-refractivity contribution in [1.82, 2.24) is 0 Å². The van der Waals surface area contributed by atoms with Gasteiger partial charge in [-0.3, -0.25) is 4.57 Å². The summed E-state index contributed by atoms with van der Waals surface area (Å²) >= 11 is 0. The van der Waals surface area contributed by atoms with Gasteiger partial charge in [-0.25, -0.2) is 0 Å². The summed E-state index contributed by atoms with van der Waals surface area (Å²) < 4.78 is 22.0. The van der Waals surface area contributed by atoms with Crippen molar-refractivity contribution in [2.75, 3.05) is 19.8 Å². The Morgan fingerprint density at radius 2 is 1.21 bits per heavy atom. The third kappa shape index (κ3) is 15.6. The van der Waals surface area contributed by atoms with E-state index in [-0.39, 0.29) is 12.3 Å². The van der Waals surface area contributed by atoms with Gasteiger partial charge in [0.15, 0.2) is 0 Å². The van der Waals surface area contributed by atoms with Crippen molar-refractivity contribution in [3.63, 3.8) is 0 Å². The van der Waals surface area contributed by atoms with Gasteiger partial charge in [0.1, 0.15) is 0 Å². The molecule has 0 radical (unpaired) electrons. The third-order valence-electron chi connectivity index (χ3n) is 4.30. The van der Waals surface area contributed by atoms with Crippen molar-refractivity contribution in [3.8, 4) is 0 Å². The van der Waals surface area contributed by atoms with E-state index in [0.29, 0.717) is 6.61 Å². The first kappa shape index (κ1) is 24.1. The average molecular weight is 365 g/mol. The highest BCUT2D eigenvalue weighted by Crippen LogP contribution is 2.46.